The molecule has 4 rings (SSSR count). The van der Waals surface area contributed by atoms with Crippen molar-refractivity contribution in [2.45, 2.75) is 0 Å². The van der Waals surface area contributed by atoms with Gasteiger partial charge in [0.25, 0.3) is 11.8 Å². The highest BCUT2D eigenvalue weighted by Crippen LogP contribution is 2.33. The van der Waals surface area contributed by atoms with E-state index in [1.807, 2.05) is 0 Å². The molecule has 1 aliphatic rings. The molecule has 0 fully saturated rings. The predicted molar refractivity (Wildman–Crippen MR) is 122 cm³/mol. The zero-order chi connectivity index (χ0) is 23.4. The van der Waals surface area contributed by atoms with Gasteiger partial charge in [0.2, 0.25) is 6.79 Å². The quantitative estimate of drug-likeness (QED) is 0.495. The molecule has 166 valence electrons. The lowest BCUT2D eigenvalue weighted by atomic mass is 10.1. The average molecular weight is 508 g/mol. The van der Waals surface area contributed by atoms with E-state index < -0.39 is 17.8 Å². The second kappa shape index (κ2) is 9.58. The minimum absolute atomic E-state index is 0.0577. The van der Waals surface area contributed by atoms with E-state index in [-0.39, 0.29) is 23.7 Å². The van der Waals surface area contributed by atoms with Crippen LogP contribution in [0, 0.1) is 0 Å². The third kappa shape index (κ3) is 5.39. The van der Waals surface area contributed by atoms with Crippen LogP contribution < -0.4 is 25.2 Å². The van der Waals surface area contributed by atoms with Crippen molar-refractivity contribution in [1.29, 1.82) is 0 Å². The molecule has 1 aliphatic heterocycles. The molecular formula is C24H16BrN2O6-. The number of carbonyl (C=O) groups excluding carboxylic acids is 3. The number of carboxylic acids is 1. The molecule has 0 bridgehead atoms. The summed E-state index contributed by atoms with van der Waals surface area (Å²) in [5.74, 6) is -1.42. The van der Waals surface area contributed by atoms with E-state index in [1.165, 1.54) is 30.3 Å². The van der Waals surface area contributed by atoms with Crippen LogP contribution in [0.25, 0.3) is 6.08 Å². The lowest BCUT2D eigenvalue weighted by molar-refractivity contribution is -0.255. The Bertz CT molecular complexity index is 1290. The second-order valence-corrected chi connectivity index (χ2v) is 7.87. The van der Waals surface area contributed by atoms with E-state index in [9.17, 15) is 19.5 Å². The minimum Gasteiger partial charge on any atom is -0.545 e. The highest BCUT2D eigenvalue weighted by atomic mass is 79.9. The van der Waals surface area contributed by atoms with Gasteiger partial charge >= 0.3 is 0 Å². The Kier molecular flexibility index (Phi) is 6.41. The zero-order valence-corrected chi connectivity index (χ0v) is 18.5. The number of fused-ring (bicyclic) bond motifs is 1. The SMILES string of the molecule is O=C(Nc1cccc(C(=O)[O-])c1)/C(=C/c1ccc2c(c1)OCO2)NC(=O)c1cccc(Br)c1. The third-order valence-electron chi connectivity index (χ3n) is 4.64. The Morgan fingerprint density at radius 2 is 1.67 bits per heavy atom. The van der Waals surface area contributed by atoms with Crippen molar-refractivity contribution in [3.8, 4) is 11.5 Å². The number of aromatic carboxylic acids is 1. The van der Waals surface area contributed by atoms with E-state index in [2.05, 4.69) is 26.6 Å². The molecule has 0 radical (unpaired) electrons. The summed E-state index contributed by atoms with van der Waals surface area (Å²) in [5, 5.41) is 16.3. The van der Waals surface area contributed by atoms with Crippen LogP contribution in [0.5, 0.6) is 11.5 Å². The van der Waals surface area contributed by atoms with Gasteiger partial charge in [0.1, 0.15) is 5.70 Å². The van der Waals surface area contributed by atoms with Crippen molar-refractivity contribution in [2.75, 3.05) is 12.1 Å². The van der Waals surface area contributed by atoms with Gasteiger partial charge in [0, 0.05) is 15.7 Å². The number of amides is 2. The lowest BCUT2D eigenvalue weighted by Crippen LogP contribution is -2.31. The molecule has 0 aromatic heterocycles. The molecule has 0 unspecified atom stereocenters. The fourth-order valence-electron chi connectivity index (χ4n) is 3.07. The summed E-state index contributed by atoms with van der Waals surface area (Å²) in [4.78, 5) is 37.0. The average Bonchev–Trinajstić information content (AvgIpc) is 3.26. The first kappa shape index (κ1) is 22.1. The summed E-state index contributed by atoms with van der Waals surface area (Å²) in [6, 6.07) is 17.4. The van der Waals surface area contributed by atoms with Crippen LogP contribution in [0.15, 0.2) is 76.9 Å². The fraction of sp³-hybridized carbons (Fsp3) is 0.0417. The van der Waals surface area contributed by atoms with Crippen molar-refractivity contribution in [3.05, 3.63) is 93.6 Å². The van der Waals surface area contributed by atoms with Crippen LogP contribution in [0.3, 0.4) is 0 Å². The number of anilines is 1. The third-order valence-corrected chi connectivity index (χ3v) is 5.14. The van der Waals surface area contributed by atoms with E-state index in [0.717, 1.165) is 0 Å². The highest BCUT2D eigenvalue weighted by molar-refractivity contribution is 9.10. The summed E-state index contributed by atoms with van der Waals surface area (Å²) in [6.07, 6.45) is 1.48. The number of halogens is 1. The van der Waals surface area contributed by atoms with Gasteiger partial charge in [-0.2, -0.15) is 0 Å². The molecule has 33 heavy (non-hydrogen) atoms. The van der Waals surface area contributed by atoms with Crippen molar-refractivity contribution < 1.29 is 29.0 Å². The molecule has 0 saturated carbocycles. The minimum atomic E-state index is -1.37. The number of rotatable bonds is 6. The molecule has 0 atom stereocenters. The van der Waals surface area contributed by atoms with E-state index in [4.69, 9.17) is 9.47 Å². The first-order chi connectivity index (χ1) is 15.9. The van der Waals surface area contributed by atoms with Crippen molar-refractivity contribution >= 4 is 45.5 Å². The number of ether oxygens (including phenoxy) is 2. The zero-order valence-electron chi connectivity index (χ0n) is 17.0. The van der Waals surface area contributed by atoms with Gasteiger partial charge in [-0.1, -0.05) is 40.2 Å². The number of carbonyl (C=O) groups is 3. The van der Waals surface area contributed by atoms with E-state index >= 15 is 0 Å². The van der Waals surface area contributed by atoms with E-state index in [1.54, 1.807) is 42.5 Å². The number of hydrogen-bond donors (Lipinski definition) is 2. The van der Waals surface area contributed by atoms with Crippen LogP contribution in [-0.2, 0) is 4.79 Å². The summed E-state index contributed by atoms with van der Waals surface area (Å²) < 4.78 is 11.4. The summed E-state index contributed by atoms with van der Waals surface area (Å²) in [7, 11) is 0. The molecule has 2 N–H and O–H groups in total. The summed E-state index contributed by atoms with van der Waals surface area (Å²) >= 11 is 3.32. The van der Waals surface area contributed by atoms with Gasteiger partial charge < -0.3 is 30.0 Å². The van der Waals surface area contributed by atoms with Crippen molar-refractivity contribution in [1.82, 2.24) is 5.32 Å². The Morgan fingerprint density at radius 3 is 2.45 bits per heavy atom. The largest absolute Gasteiger partial charge is 0.545 e. The molecule has 9 heteroatoms. The number of benzene rings is 3. The molecule has 0 spiro atoms. The summed E-state index contributed by atoms with van der Waals surface area (Å²) in [5.41, 5.74) is 1.01. The smallest absolute Gasteiger partial charge is 0.272 e. The van der Waals surface area contributed by atoms with Crippen LogP contribution in [0.4, 0.5) is 5.69 Å². The molecule has 2 amide bonds. The predicted octanol–water partition coefficient (Wildman–Crippen LogP) is 2.95. The maximum atomic E-state index is 13.0. The Hall–Kier alpha value is -4.11. The van der Waals surface area contributed by atoms with Gasteiger partial charge in [-0.25, -0.2) is 0 Å². The van der Waals surface area contributed by atoms with Gasteiger partial charge in [-0.05, 0) is 59.7 Å². The van der Waals surface area contributed by atoms with Gasteiger partial charge in [-0.15, -0.1) is 0 Å². The Morgan fingerprint density at radius 1 is 0.909 bits per heavy atom. The molecule has 0 aliphatic carbocycles. The lowest BCUT2D eigenvalue weighted by Gasteiger charge is -2.13. The standard InChI is InChI=1S/C24H17BrN2O6/c25-17-5-1-3-15(11-17)22(28)27-19(9-14-7-8-20-21(10-14)33-13-32-20)23(29)26-18-6-2-4-16(12-18)24(30)31/h1-12H,13H2,(H,26,29)(H,27,28)(H,30,31)/p-1/b19-9-. The monoisotopic (exact) mass is 507 g/mol. The summed E-state index contributed by atoms with van der Waals surface area (Å²) in [6.45, 7) is 0.101. The highest BCUT2D eigenvalue weighted by Gasteiger charge is 2.17. The number of carboxylic acid groups (broad SMARTS) is 1. The maximum Gasteiger partial charge on any atom is 0.272 e. The number of nitrogens with one attached hydrogen (secondary N) is 2. The molecule has 1 heterocycles. The Balaban J connectivity index is 1.64. The Labute approximate surface area is 197 Å². The van der Waals surface area contributed by atoms with E-state index in [0.29, 0.717) is 27.1 Å². The van der Waals surface area contributed by atoms with Gasteiger partial charge in [0.05, 0.1) is 5.97 Å². The topological polar surface area (TPSA) is 117 Å². The molecule has 0 saturated heterocycles. The van der Waals surface area contributed by atoms with Crippen LogP contribution in [0.1, 0.15) is 26.3 Å². The van der Waals surface area contributed by atoms with Crippen LogP contribution in [-0.4, -0.2) is 24.6 Å². The molecule has 3 aromatic rings. The van der Waals surface area contributed by atoms with Gasteiger partial charge in [0.15, 0.2) is 11.5 Å². The van der Waals surface area contributed by atoms with Gasteiger partial charge in [-0.3, -0.25) is 9.59 Å². The maximum absolute atomic E-state index is 13.0. The number of hydrogen-bond acceptors (Lipinski definition) is 6. The van der Waals surface area contributed by atoms with Crippen LogP contribution in [0.2, 0.25) is 0 Å². The van der Waals surface area contributed by atoms with Crippen LogP contribution >= 0.6 is 15.9 Å². The first-order valence-corrected chi connectivity index (χ1v) is 10.5. The molecule has 3 aromatic carbocycles. The normalized spacial score (nSPS) is 12.2. The fourth-order valence-corrected chi connectivity index (χ4v) is 3.47. The second-order valence-electron chi connectivity index (χ2n) is 6.96. The molecular weight excluding hydrogens is 492 g/mol. The molecule has 8 nitrogen and oxygen atoms in total. The van der Waals surface area contributed by atoms with Crippen molar-refractivity contribution in [2.24, 2.45) is 0 Å². The van der Waals surface area contributed by atoms with Crippen molar-refractivity contribution in [3.63, 3.8) is 0 Å². The first-order valence-electron chi connectivity index (χ1n) is 9.70.